The van der Waals surface area contributed by atoms with Gasteiger partial charge in [-0.25, -0.2) is 0 Å². The monoisotopic (exact) mass is 299 g/mol. The van der Waals surface area contributed by atoms with Crippen LogP contribution in [0.5, 0.6) is 0 Å². The van der Waals surface area contributed by atoms with Crippen molar-refractivity contribution in [2.75, 3.05) is 0 Å². The van der Waals surface area contributed by atoms with Crippen molar-refractivity contribution in [1.29, 1.82) is 0 Å². The second kappa shape index (κ2) is 6.21. The van der Waals surface area contributed by atoms with Gasteiger partial charge in [0, 0.05) is 11.3 Å². The summed E-state index contributed by atoms with van der Waals surface area (Å²) in [5.74, 6) is 0. The first-order chi connectivity index (χ1) is 11.1. The van der Waals surface area contributed by atoms with Crippen LogP contribution in [0.2, 0.25) is 0 Å². The molecule has 0 amide bonds. The van der Waals surface area contributed by atoms with Gasteiger partial charge in [0.15, 0.2) is 0 Å². The van der Waals surface area contributed by atoms with Crippen LogP contribution in [0, 0.1) is 6.92 Å². The smallest absolute Gasteiger partial charge is 0.0662 e. The molecule has 3 aromatic carbocycles. The number of aryl methyl sites for hydroxylation is 1. The fraction of sp³-hybridized carbons (Fsp3) is 0.136. The maximum atomic E-state index is 4.87. The lowest BCUT2D eigenvalue weighted by Gasteiger charge is -2.12. The zero-order valence-electron chi connectivity index (χ0n) is 13.9. The summed E-state index contributed by atoms with van der Waals surface area (Å²) < 4.78 is 0. The molecular weight excluding hydrogens is 278 g/mol. The number of hydrogen-bond acceptors (Lipinski definition) is 1. The van der Waals surface area contributed by atoms with Crippen LogP contribution in [0.15, 0.2) is 72.2 Å². The number of hydrogen-bond donors (Lipinski definition) is 0. The first kappa shape index (κ1) is 15.2. The average molecular weight is 299 g/mol. The van der Waals surface area contributed by atoms with Gasteiger partial charge in [0.05, 0.1) is 5.69 Å². The molecule has 0 aliphatic heterocycles. The van der Waals surface area contributed by atoms with Gasteiger partial charge in [0.1, 0.15) is 0 Å². The predicted molar refractivity (Wildman–Crippen MR) is 102 cm³/mol. The summed E-state index contributed by atoms with van der Waals surface area (Å²) in [5.41, 5.74) is 6.68. The Morgan fingerprint density at radius 3 is 2.13 bits per heavy atom. The summed E-state index contributed by atoms with van der Waals surface area (Å²) in [5, 5.41) is 2.46. The van der Waals surface area contributed by atoms with Gasteiger partial charge in [-0.2, -0.15) is 0 Å². The number of aliphatic imine (C=N–C) groups is 1. The molecule has 23 heavy (non-hydrogen) atoms. The minimum Gasteiger partial charge on any atom is -0.253 e. The highest BCUT2D eigenvalue weighted by Crippen LogP contribution is 2.29. The highest BCUT2D eigenvalue weighted by atomic mass is 14.7. The van der Waals surface area contributed by atoms with Gasteiger partial charge in [-0.15, -0.1) is 0 Å². The van der Waals surface area contributed by atoms with Crippen LogP contribution in [0.1, 0.15) is 30.5 Å². The van der Waals surface area contributed by atoms with Crippen LogP contribution in [-0.4, -0.2) is 5.71 Å². The third-order valence-corrected chi connectivity index (χ3v) is 4.16. The molecule has 0 radical (unpaired) electrons. The van der Waals surface area contributed by atoms with Crippen molar-refractivity contribution >= 4 is 27.7 Å². The summed E-state index contributed by atoms with van der Waals surface area (Å²) in [7, 11) is 0. The number of allylic oxidation sites excluding steroid dienone is 1. The van der Waals surface area contributed by atoms with Crippen LogP contribution in [0.25, 0.3) is 16.3 Å². The number of para-hydroxylation sites is 1. The fourth-order valence-corrected chi connectivity index (χ4v) is 2.93. The molecule has 0 fully saturated rings. The van der Waals surface area contributed by atoms with Gasteiger partial charge >= 0.3 is 0 Å². The van der Waals surface area contributed by atoms with E-state index in [1.807, 2.05) is 12.1 Å². The minimum atomic E-state index is 1.02. The molecule has 0 aliphatic rings. The van der Waals surface area contributed by atoms with E-state index in [0.717, 1.165) is 17.0 Å². The lowest BCUT2D eigenvalue weighted by Crippen LogP contribution is -1.98. The zero-order valence-corrected chi connectivity index (χ0v) is 13.9. The third-order valence-electron chi connectivity index (χ3n) is 4.16. The normalized spacial score (nSPS) is 11.7. The van der Waals surface area contributed by atoms with Gasteiger partial charge < -0.3 is 0 Å². The maximum absolute atomic E-state index is 4.87. The lowest BCUT2D eigenvalue weighted by atomic mass is 9.94. The van der Waals surface area contributed by atoms with Crippen molar-refractivity contribution in [1.82, 2.24) is 0 Å². The number of rotatable bonds is 3. The van der Waals surface area contributed by atoms with Crippen molar-refractivity contribution in [2.45, 2.75) is 20.8 Å². The third kappa shape index (κ3) is 2.95. The molecule has 0 saturated carbocycles. The zero-order chi connectivity index (χ0) is 16.4. The van der Waals surface area contributed by atoms with E-state index in [2.05, 4.69) is 75.9 Å². The topological polar surface area (TPSA) is 12.4 Å². The van der Waals surface area contributed by atoms with Gasteiger partial charge in [-0.05, 0) is 48.7 Å². The molecule has 3 rings (SSSR count). The van der Waals surface area contributed by atoms with Crippen LogP contribution >= 0.6 is 0 Å². The molecule has 0 bridgehead atoms. The molecular formula is C22H21N. The van der Waals surface area contributed by atoms with Crippen molar-refractivity contribution in [3.8, 4) is 0 Å². The molecule has 0 heterocycles. The minimum absolute atomic E-state index is 1.02. The molecule has 0 unspecified atom stereocenters. The molecule has 0 saturated heterocycles. The molecule has 0 aliphatic carbocycles. The first-order valence-corrected chi connectivity index (χ1v) is 7.87. The second-order valence-electron chi connectivity index (χ2n) is 5.97. The first-order valence-electron chi connectivity index (χ1n) is 7.87. The number of nitrogens with zero attached hydrogens (tertiary/aromatic N) is 1. The van der Waals surface area contributed by atoms with Crippen molar-refractivity contribution in [3.63, 3.8) is 0 Å². The highest BCUT2D eigenvalue weighted by Gasteiger charge is 2.09. The van der Waals surface area contributed by atoms with Gasteiger partial charge in [0.2, 0.25) is 0 Å². The Balaban J connectivity index is 2.24. The summed E-state index contributed by atoms with van der Waals surface area (Å²) in [6.45, 7) is 10.4. The van der Waals surface area contributed by atoms with E-state index < -0.39 is 0 Å². The largest absolute Gasteiger partial charge is 0.253 e. The van der Waals surface area contributed by atoms with Gasteiger partial charge in [-0.1, -0.05) is 66.7 Å². The van der Waals surface area contributed by atoms with Crippen LogP contribution in [-0.2, 0) is 0 Å². The quantitative estimate of drug-likeness (QED) is 0.502. The van der Waals surface area contributed by atoms with E-state index in [1.165, 1.54) is 27.5 Å². The maximum Gasteiger partial charge on any atom is 0.0662 e. The Morgan fingerprint density at radius 1 is 0.826 bits per heavy atom. The molecule has 114 valence electrons. The second-order valence-corrected chi connectivity index (χ2v) is 5.97. The summed E-state index contributed by atoms with van der Waals surface area (Å²) in [6, 6.07) is 21.0. The Morgan fingerprint density at radius 2 is 1.48 bits per heavy atom. The van der Waals surface area contributed by atoms with E-state index in [9.17, 15) is 0 Å². The molecule has 1 heteroatoms. The van der Waals surface area contributed by atoms with Crippen molar-refractivity contribution < 1.29 is 0 Å². The van der Waals surface area contributed by atoms with Gasteiger partial charge in [0.25, 0.3) is 0 Å². The Labute approximate surface area is 138 Å². The average Bonchev–Trinajstić information content (AvgIpc) is 2.55. The summed E-state index contributed by atoms with van der Waals surface area (Å²) in [6.07, 6.45) is 0. The SMILES string of the molecule is C=C(C)c1cccc2cccc(C(C)=Nc3ccccc3C)c12. The fourth-order valence-electron chi connectivity index (χ4n) is 2.93. The van der Waals surface area contributed by atoms with Crippen molar-refractivity contribution in [3.05, 3.63) is 83.9 Å². The Hall–Kier alpha value is -2.67. The molecule has 0 spiro atoms. The van der Waals surface area contributed by atoms with E-state index in [0.29, 0.717) is 0 Å². The lowest BCUT2D eigenvalue weighted by molar-refractivity contribution is 1.39. The number of fused-ring (bicyclic) bond motifs is 1. The Bertz CT molecular complexity index is 911. The van der Waals surface area contributed by atoms with E-state index in [4.69, 9.17) is 4.99 Å². The van der Waals surface area contributed by atoms with Crippen LogP contribution in [0.4, 0.5) is 5.69 Å². The van der Waals surface area contributed by atoms with E-state index >= 15 is 0 Å². The van der Waals surface area contributed by atoms with E-state index in [-0.39, 0.29) is 0 Å². The summed E-state index contributed by atoms with van der Waals surface area (Å²) in [4.78, 5) is 4.87. The standard InChI is InChI=1S/C22H21N/c1-15(2)19-12-7-10-18-11-8-13-20(22(18)19)17(4)23-21-14-6-5-9-16(21)3/h5-14H,1H2,2-4H3. The molecule has 3 aromatic rings. The Kier molecular flexibility index (Phi) is 4.12. The predicted octanol–water partition coefficient (Wildman–Crippen LogP) is 6.32. The molecule has 1 nitrogen and oxygen atoms in total. The van der Waals surface area contributed by atoms with Gasteiger partial charge in [-0.3, -0.25) is 4.99 Å². The number of benzene rings is 3. The van der Waals surface area contributed by atoms with Crippen molar-refractivity contribution in [2.24, 2.45) is 4.99 Å². The van der Waals surface area contributed by atoms with Crippen LogP contribution in [0.3, 0.4) is 0 Å². The summed E-state index contributed by atoms with van der Waals surface area (Å²) >= 11 is 0. The van der Waals surface area contributed by atoms with E-state index in [1.54, 1.807) is 0 Å². The van der Waals surface area contributed by atoms with Crippen LogP contribution < -0.4 is 0 Å². The molecule has 0 atom stereocenters. The highest BCUT2D eigenvalue weighted by molar-refractivity contribution is 6.13. The molecule has 0 aromatic heterocycles. The molecule has 0 N–H and O–H groups in total.